The zero-order valence-electron chi connectivity index (χ0n) is 16.4. The zero-order valence-corrected chi connectivity index (χ0v) is 17.2. The number of rotatable bonds is 5. The first kappa shape index (κ1) is 19.7. The van der Waals surface area contributed by atoms with Crippen molar-refractivity contribution >= 4 is 28.0 Å². The van der Waals surface area contributed by atoms with E-state index < -0.39 is 16.8 Å². The summed E-state index contributed by atoms with van der Waals surface area (Å²) in [6.45, 7) is 1.13. The van der Waals surface area contributed by atoms with Gasteiger partial charge in [0.15, 0.2) is 0 Å². The minimum Gasteiger partial charge on any atom is -0.305 e. The summed E-state index contributed by atoms with van der Waals surface area (Å²) < 4.78 is 39.7. The third kappa shape index (κ3) is 3.70. The van der Waals surface area contributed by atoms with E-state index in [1.807, 2.05) is 56.6 Å². The number of para-hydroxylation sites is 3. The molecule has 4 rings (SSSR count). The van der Waals surface area contributed by atoms with Gasteiger partial charge in [0.25, 0.3) is 0 Å². The van der Waals surface area contributed by atoms with Gasteiger partial charge in [-0.1, -0.05) is 48.5 Å². The highest BCUT2D eigenvalue weighted by molar-refractivity contribution is 8.27. The molecule has 5 nitrogen and oxygen atoms in total. The lowest BCUT2D eigenvalue weighted by atomic mass is 10.1. The first-order valence-electron chi connectivity index (χ1n) is 9.30. The van der Waals surface area contributed by atoms with Gasteiger partial charge in [-0.2, -0.15) is 0 Å². The van der Waals surface area contributed by atoms with Gasteiger partial charge in [0.05, 0.1) is 17.9 Å². The van der Waals surface area contributed by atoms with Crippen molar-refractivity contribution in [2.75, 3.05) is 22.7 Å². The van der Waals surface area contributed by atoms with E-state index in [2.05, 4.69) is 4.90 Å². The molecule has 0 unspecified atom stereocenters. The maximum absolute atomic E-state index is 14.5. The van der Waals surface area contributed by atoms with Crippen LogP contribution in [0, 0.1) is 5.82 Å². The normalized spacial score (nSPS) is 16.2. The summed E-state index contributed by atoms with van der Waals surface area (Å²) in [6, 6.07) is 21.4. The van der Waals surface area contributed by atoms with Crippen molar-refractivity contribution in [3.05, 3.63) is 89.7 Å². The number of anilines is 3. The largest absolute Gasteiger partial charge is 0.305 e. The lowest BCUT2D eigenvalue weighted by Gasteiger charge is -2.43. The minimum atomic E-state index is -3.47. The van der Waals surface area contributed by atoms with Gasteiger partial charge in [-0.05, 0) is 60.4 Å². The fourth-order valence-electron chi connectivity index (χ4n) is 3.54. The number of hydrogen-bond acceptors (Lipinski definition) is 5. The van der Waals surface area contributed by atoms with E-state index in [4.69, 9.17) is 0 Å². The van der Waals surface area contributed by atoms with Crippen LogP contribution in [0.4, 0.5) is 21.5 Å². The van der Waals surface area contributed by atoms with Crippen LogP contribution in [0.15, 0.2) is 72.8 Å². The molecule has 0 saturated heterocycles. The van der Waals surface area contributed by atoms with Crippen molar-refractivity contribution in [2.24, 2.45) is 0 Å². The average molecular weight is 414 g/mol. The quantitative estimate of drug-likeness (QED) is 0.568. The Morgan fingerprint density at radius 3 is 1.97 bits per heavy atom. The standard InChI is InChI=1S/C22H24FN3O2S/c1-24(2)15-17-11-13-18(14-12-17)16-25-21-9-5-6-10-22(21)26(29(25,27)28)20-8-4-3-7-19(20)23/h3-14,27-28H,15-16H2,1-2H3. The van der Waals surface area contributed by atoms with E-state index in [0.29, 0.717) is 17.9 Å². The van der Waals surface area contributed by atoms with Gasteiger partial charge in [0.2, 0.25) is 0 Å². The summed E-state index contributed by atoms with van der Waals surface area (Å²) in [6.07, 6.45) is 0. The molecule has 3 aromatic carbocycles. The second kappa shape index (κ2) is 7.68. The molecule has 0 saturated carbocycles. The Hall–Kier alpha value is -2.58. The Labute approximate surface area is 172 Å². The molecule has 152 valence electrons. The van der Waals surface area contributed by atoms with Gasteiger partial charge >= 0.3 is 0 Å². The Kier molecular flexibility index (Phi) is 5.23. The summed E-state index contributed by atoms with van der Waals surface area (Å²) >= 11 is 0. The molecule has 0 aliphatic carbocycles. The summed E-state index contributed by atoms with van der Waals surface area (Å²) in [7, 11) is 0.560. The molecule has 0 aromatic heterocycles. The highest BCUT2D eigenvalue weighted by Gasteiger charge is 2.42. The average Bonchev–Trinajstić information content (AvgIpc) is 2.90. The van der Waals surface area contributed by atoms with Crippen LogP contribution >= 0.6 is 11.0 Å². The molecular weight excluding hydrogens is 389 g/mol. The van der Waals surface area contributed by atoms with Crippen molar-refractivity contribution < 1.29 is 13.5 Å². The van der Waals surface area contributed by atoms with Crippen LogP contribution in [-0.2, 0) is 13.1 Å². The number of benzene rings is 3. The topological polar surface area (TPSA) is 50.2 Å². The maximum atomic E-state index is 14.5. The van der Waals surface area contributed by atoms with E-state index in [0.717, 1.165) is 12.1 Å². The summed E-state index contributed by atoms with van der Waals surface area (Å²) in [5.74, 6) is -0.503. The second-order valence-corrected chi connectivity index (χ2v) is 9.10. The van der Waals surface area contributed by atoms with Crippen LogP contribution in [-0.4, -0.2) is 28.1 Å². The lowest BCUT2D eigenvalue weighted by Crippen LogP contribution is -2.31. The molecule has 7 heteroatoms. The number of halogens is 1. The van der Waals surface area contributed by atoms with Crippen LogP contribution < -0.4 is 8.61 Å². The molecule has 0 radical (unpaired) electrons. The lowest BCUT2D eigenvalue weighted by molar-refractivity contribution is 0.402. The van der Waals surface area contributed by atoms with E-state index in [1.54, 1.807) is 28.6 Å². The molecule has 29 heavy (non-hydrogen) atoms. The highest BCUT2D eigenvalue weighted by Crippen LogP contribution is 2.64. The molecule has 1 aliphatic heterocycles. The Balaban J connectivity index is 1.70. The van der Waals surface area contributed by atoms with Crippen LogP contribution in [0.1, 0.15) is 11.1 Å². The zero-order chi connectivity index (χ0) is 20.6. The molecule has 1 heterocycles. The molecule has 1 aliphatic rings. The fourth-order valence-corrected chi connectivity index (χ4v) is 5.31. The van der Waals surface area contributed by atoms with E-state index in [9.17, 15) is 13.5 Å². The SMILES string of the molecule is CN(C)Cc1ccc(CN2c3ccccc3N(c3ccccc3F)S2(O)O)cc1. The molecule has 0 atom stereocenters. The highest BCUT2D eigenvalue weighted by atomic mass is 32.3. The monoisotopic (exact) mass is 413 g/mol. The van der Waals surface area contributed by atoms with Crippen molar-refractivity contribution in [3.63, 3.8) is 0 Å². The number of fused-ring (bicyclic) bond motifs is 1. The predicted octanol–water partition coefficient (Wildman–Crippen LogP) is 5.63. The Morgan fingerprint density at radius 1 is 0.793 bits per heavy atom. The third-order valence-corrected chi connectivity index (χ3v) is 6.63. The van der Waals surface area contributed by atoms with Gasteiger partial charge in [0, 0.05) is 6.54 Å². The maximum Gasteiger partial charge on any atom is 0.148 e. The van der Waals surface area contributed by atoms with Crippen LogP contribution in [0.3, 0.4) is 0 Å². The van der Waals surface area contributed by atoms with Crippen molar-refractivity contribution in [2.45, 2.75) is 13.1 Å². The second-order valence-electron chi connectivity index (χ2n) is 7.32. The number of nitrogens with zero attached hydrogens (tertiary/aromatic N) is 3. The van der Waals surface area contributed by atoms with Gasteiger partial charge in [-0.3, -0.25) is 9.11 Å². The molecular formula is C22H24FN3O2S. The summed E-state index contributed by atoms with van der Waals surface area (Å²) in [5, 5.41) is 0. The Bertz CT molecular complexity index is 1010. The summed E-state index contributed by atoms with van der Waals surface area (Å²) in [4.78, 5) is 2.09. The predicted molar refractivity (Wildman–Crippen MR) is 118 cm³/mol. The number of hydrogen-bond donors (Lipinski definition) is 2. The van der Waals surface area contributed by atoms with Crippen molar-refractivity contribution in [1.29, 1.82) is 0 Å². The van der Waals surface area contributed by atoms with Gasteiger partial charge in [0.1, 0.15) is 11.5 Å². The van der Waals surface area contributed by atoms with Crippen LogP contribution in [0.2, 0.25) is 0 Å². The minimum absolute atomic E-state index is 0.142. The smallest absolute Gasteiger partial charge is 0.148 e. The first-order valence-corrected chi connectivity index (χ1v) is 10.8. The molecule has 0 bridgehead atoms. The molecule has 0 spiro atoms. The Morgan fingerprint density at radius 2 is 1.34 bits per heavy atom. The van der Waals surface area contributed by atoms with Crippen LogP contribution in [0.5, 0.6) is 0 Å². The van der Waals surface area contributed by atoms with Crippen molar-refractivity contribution in [3.8, 4) is 0 Å². The van der Waals surface area contributed by atoms with E-state index >= 15 is 0 Å². The molecule has 0 fully saturated rings. The van der Waals surface area contributed by atoms with Crippen molar-refractivity contribution in [1.82, 2.24) is 4.90 Å². The fraction of sp³-hybridized carbons (Fsp3) is 0.182. The van der Waals surface area contributed by atoms with E-state index in [1.165, 1.54) is 15.9 Å². The van der Waals surface area contributed by atoms with Crippen LogP contribution in [0.25, 0.3) is 0 Å². The van der Waals surface area contributed by atoms with E-state index in [-0.39, 0.29) is 5.69 Å². The molecule has 2 N–H and O–H groups in total. The van der Waals surface area contributed by atoms with Gasteiger partial charge < -0.3 is 4.90 Å². The molecule has 3 aromatic rings. The summed E-state index contributed by atoms with van der Waals surface area (Å²) in [5.41, 5.74) is 3.50. The molecule has 0 amide bonds. The van der Waals surface area contributed by atoms with Gasteiger partial charge in [-0.25, -0.2) is 13.0 Å². The van der Waals surface area contributed by atoms with Gasteiger partial charge in [-0.15, -0.1) is 0 Å². The third-order valence-electron chi connectivity index (χ3n) is 4.83. The first-order chi connectivity index (χ1) is 13.9.